The van der Waals surface area contributed by atoms with Crippen LogP contribution < -0.4 is 4.74 Å². The summed E-state index contributed by atoms with van der Waals surface area (Å²) in [6.07, 6.45) is 0. The Kier molecular flexibility index (Phi) is 4.50. The largest absolute Gasteiger partial charge is 0.497 e. The number of halogens is 1. The fourth-order valence-corrected chi connectivity index (χ4v) is 3.00. The van der Waals surface area contributed by atoms with Gasteiger partial charge in [-0.1, -0.05) is 17.8 Å². The van der Waals surface area contributed by atoms with Crippen molar-refractivity contribution in [1.82, 2.24) is 0 Å². The molecule has 0 aliphatic heterocycles. The van der Waals surface area contributed by atoms with Crippen LogP contribution in [0.25, 0.3) is 0 Å². The van der Waals surface area contributed by atoms with E-state index in [1.165, 1.54) is 0 Å². The molecule has 0 fully saturated rings. The van der Waals surface area contributed by atoms with Crippen LogP contribution in [0.3, 0.4) is 0 Å². The molecule has 0 radical (unpaired) electrons. The number of aromatic carboxylic acids is 1. The molecule has 0 atom stereocenters. The second kappa shape index (κ2) is 6.12. The van der Waals surface area contributed by atoms with Gasteiger partial charge in [-0.05, 0) is 52.3 Å². The van der Waals surface area contributed by atoms with Gasteiger partial charge in [-0.25, -0.2) is 4.79 Å². The molecule has 0 spiro atoms. The molecule has 19 heavy (non-hydrogen) atoms. The van der Waals surface area contributed by atoms with Crippen molar-refractivity contribution in [1.29, 1.82) is 0 Å². The van der Waals surface area contributed by atoms with Crippen LogP contribution in [0.2, 0.25) is 0 Å². The van der Waals surface area contributed by atoms with Crippen molar-refractivity contribution in [2.75, 3.05) is 7.11 Å². The summed E-state index contributed by atoms with van der Waals surface area (Å²) < 4.78 is 5.93. The summed E-state index contributed by atoms with van der Waals surface area (Å²) in [5.74, 6) is -0.137. The predicted octanol–water partition coefficient (Wildman–Crippen LogP) is 4.31. The van der Waals surface area contributed by atoms with Crippen molar-refractivity contribution in [3.63, 3.8) is 0 Å². The van der Waals surface area contributed by atoms with E-state index >= 15 is 0 Å². The Labute approximate surface area is 123 Å². The molecule has 0 aliphatic rings. The van der Waals surface area contributed by atoms with E-state index in [4.69, 9.17) is 9.84 Å². The topological polar surface area (TPSA) is 46.5 Å². The Morgan fingerprint density at radius 3 is 2.68 bits per heavy atom. The smallest absolute Gasteiger partial charge is 0.335 e. The molecule has 0 aliphatic carbocycles. The van der Waals surface area contributed by atoms with Crippen LogP contribution in [-0.2, 0) is 0 Å². The lowest BCUT2D eigenvalue weighted by molar-refractivity contribution is 0.0696. The number of ether oxygens (including phenoxy) is 1. The fourth-order valence-electron chi connectivity index (χ4n) is 1.51. The maximum atomic E-state index is 10.9. The molecule has 5 heteroatoms. The van der Waals surface area contributed by atoms with E-state index in [-0.39, 0.29) is 5.56 Å². The van der Waals surface area contributed by atoms with Gasteiger partial charge in [0.25, 0.3) is 0 Å². The fraction of sp³-hybridized carbons (Fsp3) is 0.0714. The first-order valence-corrected chi connectivity index (χ1v) is 7.06. The van der Waals surface area contributed by atoms with E-state index in [1.807, 2.05) is 24.3 Å². The molecule has 98 valence electrons. The third-order valence-electron chi connectivity index (χ3n) is 2.45. The van der Waals surface area contributed by atoms with E-state index in [1.54, 1.807) is 37.1 Å². The molecular formula is C14H11BrO3S. The highest BCUT2D eigenvalue weighted by molar-refractivity contribution is 9.10. The lowest BCUT2D eigenvalue weighted by Gasteiger charge is -2.07. The number of carboxylic acids is 1. The summed E-state index contributed by atoms with van der Waals surface area (Å²) >= 11 is 4.94. The first kappa shape index (κ1) is 14.0. The van der Waals surface area contributed by atoms with Crippen LogP contribution in [0, 0.1) is 0 Å². The van der Waals surface area contributed by atoms with Crippen molar-refractivity contribution in [2.45, 2.75) is 9.79 Å². The molecule has 2 rings (SSSR count). The summed E-state index contributed by atoms with van der Waals surface area (Å²) in [5, 5.41) is 8.91. The number of carboxylic acid groups (broad SMARTS) is 1. The van der Waals surface area contributed by atoms with E-state index in [9.17, 15) is 4.79 Å². The number of carbonyl (C=O) groups is 1. The quantitative estimate of drug-likeness (QED) is 0.902. The van der Waals surface area contributed by atoms with E-state index in [0.29, 0.717) is 0 Å². The minimum Gasteiger partial charge on any atom is -0.497 e. The van der Waals surface area contributed by atoms with Crippen molar-refractivity contribution in [3.8, 4) is 5.75 Å². The Bertz CT molecular complexity index is 613. The highest BCUT2D eigenvalue weighted by atomic mass is 79.9. The molecule has 0 saturated heterocycles. The lowest BCUT2D eigenvalue weighted by Crippen LogP contribution is -1.95. The maximum Gasteiger partial charge on any atom is 0.335 e. The second-order valence-electron chi connectivity index (χ2n) is 3.73. The molecule has 0 heterocycles. The van der Waals surface area contributed by atoms with Gasteiger partial charge >= 0.3 is 5.97 Å². The van der Waals surface area contributed by atoms with Gasteiger partial charge in [0.2, 0.25) is 0 Å². The zero-order chi connectivity index (χ0) is 13.8. The van der Waals surface area contributed by atoms with E-state index in [0.717, 1.165) is 20.0 Å². The van der Waals surface area contributed by atoms with Crippen molar-refractivity contribution < 1.29 is 14.6 Å². The summed E-state index contributed by atoms with van der Waals surface area (Å²) in [6.45, 7) is 0. The lowest BCUT2D eigenvalue weighted by atomic mass is 10.2. The maximum absolute atomic E-state index is 10.9. The van der Waals surface area contributed by atoms with Gasteiger partial charge in [-0.2, -0.15) is 0 Å². The third kappa shape index (κ3) is 3.52. The van der Waals surface area contributed by atoms with Gasteiger partial charge in [-0.15, -0.1) is 0 Å². The average Bonchev–Trinajstić information content (AvgIpc) is 2.41. The Hall–Kier alpha value is -1.46. The minimum absolute atomic E-state index is 0.266. The molecular weight excluding hydrogens is 328 g/mol. The third-order valence-corrected chi connectivity index (χ3v) is 4.43. The molecule has 0 bridgehead atoms. The number of hydrogen-bond acceptors (Lipinski definition) is 3. The van der Waals surface area contributed by atoms with Crippen LogP contribution in [0.4, 0.5) is 0 Å². The van der Waals surface area contributed by atoms with Crippen LogP contribution in [-0.4, -0.2) is 18.2 Å². The van der Waals surface area contributed by atoms with Crippen LogP contribution in [0.1, 0.15) is 10.4 Å². The van der Waals surface area contributed by atoms with Gasteiger partial charge in [0.15, 0.2) is 0 Å². The second-order valence-corrected chi connectivity index (χ2v) is 5.70. The molecule has 2 aromatic rings. The Morgan fingerprint density at radius 1 is 1.26 bits per heavy atom. The molecule has 0 amide bonds. The predicted molar refractivity (Wildman–Crippen MR) is 78.2 cm³/mol. The van der Waals surface area contributed by atoms with Crippen LogP contribution in [0.5, 0.6) is 5.75 Å². The zero-order valence-corrected chi connectivity index (χ0v) is 12.5. The highest BCUT2D eigenvalue weighted by Gasteiger charge is 2.08. The van der Waals surface area contributed by atoms with Crippen molar-refractivity contribution in [2.24, 2.45) is 0 Å². The van der Waals surface area contributed by atoms with Crippen molar-refractivity contribution in [3.05, 3.63) is 52.5 Å². The van der Waals surface area contributed by atoms with E-state index < -0.39 is 5.97 Å². The number of methoxy groups -OCH3 is 1. The minimum atomic E-state index is -0.932. The SMILES string of the molecule is COc1cccc(Sc2ccc(C(=O)O)cc2Br)c1. The van der Waals surface area contributed by atoms with Gasteiger partial charge in [0.1, 0.15) is 5.75 Å². The van der Waals surface area contributed by atoms with Gasteiger partial charge in [-0.3, -0.25) is 0 Å². The standard InChI is InChI=1S/C14H11BrO3S/c1-18-10-3-2-4-11(8-10)19-13-6-5-9(14(16)17)7-12(13)15/h2-8H,1H3,(H,16,17). The molecule has 0 aromatic heterocycles. The molecule has 1 N–H and O–H groups in total. The molecule has 2 aromatic carbocycles. The molecule has 3 nitrogen and oxygen atoms in total. The Morgan fingerprint density at radius 2 is 2.05 bits per heavy atom. The van der Waals surface area contributed by atoms with E-state index in [2.05, 4.69) is 15.9 Å². The van der Waals surface area contributed by atoms with Gasteiger partial charge in [0.05, 0.1) is 12.7 Å². The van der Waals surface area contributed by atoms with Crippen LogP contribution in [0.15, 0.2) is 56.7 Å². The van der Waals surface area contributed by atoms with Crippen molar-refractivity contribution >= 4 is 33.7 Å². The van der Waals surface area contributed by atoms with Crippen LogP contribution >= 0.6 is 27.7 Å². The van der Waals surface area contributed by atoms with Gasteiger partial charge in [0, 0.05) is 14.3 Å². The summed E-state index contributed by atoms with van der Waals surface area (Å²) in [6, 6.07) is 12.7. The summed E-state index contributed by atoms with van der Waals surface area (Å²) in [7, 11) is 1.63. The number of benzene rings is 2. The normalized spacial score (nSPS) is 10.2. The number of hydrogen-bond donors (Lipinski definition) is 1. The van der Waals surface area contributed by atoms with Gasteiger partial charge < -0.3 is 9.84 Å². The summed E-state index contributed by atoms with van der Waals surface area (Å²) in [5.41, 5.74) is 0.266. The zero-order valence-electron chi connectivity index (χ0n) is 10.1. The first-order valence-electron chi connectivity index (χ1n) is 5.45. The first-order chi connectivity index (χ1) is 9.10. The molecule has 0 saturated carbocycles. The summed E-state index contributed by atoms with van der Waals surface area (Å²) in [4.78, 5) is 12.8. The average molecular weight is 339 g/mol. The molecule has 0 unspecified atom stereocenters. The highest BCUT2D eigenvalue weighted by Crippen LogP contribution is 2.35. The number of rotatable bonds is 4. The monoisotopic (exact) mass is 338 g/mol. The Balaban J connectivity index is 2.25.